The molecule has 0 aromatic heterocycles. The zero-order valence-corrected chi connectivity index (χ0v) is 17.4. The van der Waals surface area contributed by atoms with Gasteiger partial charge >= 0.3 is 6.09 Å². The number of rotatable bonds is 4. The summed E-state index contributed by atoms with van der Waals surface area (Å²) in [6.45, 7) is 5.60. The lowest BCUT2D eigenvalue weighted by atomic mass is 9.96. The first kappa shape index (κ1) is 21.3. The second-order valence-corrected chi connectivity index (χ2v) is 8.51. The highest BCUT2D eigenvalue weighted by Gasteiger charge is 2.34. The predicted molar refractivity (Wildman–Crippen MR) is 110 cm³/mol. The molecule has 6 nitrogen and oxygen atoms in total. The van der Waals surface area contributed by atoms with Crippen molar-refractivity contribution in [3.05, 3.63) is 58.9 Å². The van der Waals surface area contributed by atoms with E-state index in [1.807, 2.05) is 12.1 Å². The van der Waals surface area contributed by atoms with Crippen LogP contribution in [0.4, 0.5) is 9.18 Å². The number of carbonyl (C=O) groups excluding carboxylic acids is 1. The molecule has 2 aromatic rings. The Morgan fingerprint density at radius 2 is 1.90 bits per heavy atom. The lowest BCUT2D eigenvalue weighted by Gasteiger charge is -2.36. The number of carbonyl (C=O) groups is 2. The lowest BCUT2D eigenvalue weighted by Crippen LogP contribution is -2.51. The standard InChI is InChI=1S/C23H24FN3O3/c1-23(2,3)27(22(29)30)18(12-25)10-16-6-5-15(11-20(16)24)14-7-8-19-17(9-14)13-26(4)21(19)28/h5-9,11,18H,10,13H2,1-4H3,(H,29,30). The van der Waals surface area contributed by atoms with E-state index in [0.29, 0.717) is 17.7 Å². The van der Waals surface area contributed by atoms with Crippen molar-refractivity contribution in [3.8, 4) is 17.2 Å². The molecule has 1 aliphatic heterocycles. The molecule has 0 spiro atoms. The minimum atomic E-state index is -1.22. The van der Waals surface area contributed by atoms with Crippen molar-refractivity contribution < 1.29 is 19.1 Å². The summed E-state index contributed by atoms with van der Waals surface area (Å²) in [7, 11) is 1.74. The van der Waals surface area contributed by atoms with E-state index in [4.69, 9.17) is 0 Å². The van der Waals surface area contributed by atoms with Gasteiger partial charge in [-0.2, -0.15) is 5.26 Å². The fourth-order valence-corrected chi connectivity index (χ4v) is 3.83. The maximum atomic E-state index is 14.9. The first-order valence-electron chi connectivity index (χ1n) is 9.62. The van der Waals surface area contributed by atoms with E-state index < -0.39 is 23.5 Å². The van der Waals surface area contributed by atoms with Gasteiger partial charge in [-0.05, 0) is 61.2 Å². The van der Waals surface area contributed by atoms with Crippen molar-refractivity contribution >= 4 is 12.0 Å². The predicted octanol–water partition coefficient (Wildman–Crippen LogP) is 4.29. The summed E-state index contributed by atoms with van der Waals surface area (Å²) >= 11 is 0. The molecule has 0 radical (unpaired) electrons. The molecule has 0 bridgehead atoms. The molecule has 2 aromatic carbocycles. The molecule has 7 heteroatoms. The third-order valence-corrected chi connectivity index (χ3v) is 5.28. The van der Waals surface area contributed by atoms with Crippen molar-refractivity contribution in [2.75, 3.05) is 7.05 Å². The molecule has 2 amide bonds. The summed E-state index contributed by atoms with van der Waals surface area (Å²) in [6, 6.07) is 11.1. The van der Waals surface area contributed by atoms with Crippen molar-refractivity contribution in [3.63, 3.8) is 0 Å². The summed E-state index contributed by atoms with van der Waals surface area (Å²) in [5.74, 6) is -0.525. The van der Waals surface area contributed by atoms with Gasteiger partial charge in [-0.3, -0.25) is 9.69 Å². The fourth-order valence-electron chi connectivity index (χ4n) is 3.83. The van der Waals surface area contributed by atoms with E-state index in [-0.39, 0.29) is 17.9 Å². The van der Waals surface area contributed by atoms with Crippen LogP contribution in [0, 0.1) is 17.1 Å². The molecular weight excluding hydrogens is 385 g/mol. The van der Waals surface area contributed by atoms with Gasteiger partial charge in [0.05, 0.1) is 6.07 Å². The Bertz CT molecular complexity index is 1050. The Balaban J connectivity index is 1.87. The largest absolute Gasteiger partial charge is 0.465 e. The Kier molecular flexibility index (Phi) is 5.53. The van der Waals surface area contributed by atoms with Gasteiger partial charge in [-0.25, -0.2) is 9.18 Å². The summed E-state index contributed by atoms with van der Waals surface area (Å²) in [5, 5.41) is 19.0. The third-order valence-electron chi connectivity index (χ3n) is 5.28. The van der Waals surface area contributed by atoms with Gasteiger partial charge in [-0.1, -0.05) is 18.2 Å². The van der Waals surface area contributed by atoms with E-state index >= 15 is 0 Å². The van der Waals surface area contributed by atoms with Gasteiger partial charge in [0, 0.05) is 31.1 Å². The first-order valence-corrected chi connectivity index (χ1v) is 9.62. The van der Waals surface area contributed by atoms with Crippen molar-refractivity contribution in [2.45, 2.75) is 45.3 Å². The van der Waals surface area contributed by atoms with E-state index in [9.17, 15) is 24.3 Å². The van der Waals surface area contributed by atoms with Gasteiger partial charge in [0.25, 0.3) is 5.91 Å². The second kappa shape index (κ2) is 7.79. The number of benzene rings is 2. The smallest absolute Gasteiger partial charge is 0.408 e. The molecule has 1 unspecified atom stereocenters. The molecule has 1 N–H and O–H groups in total. The zero-order chi connectivity index (χ0) is 22.2. The van der Waals surface area contributed by atoms with Crippen molar-refractivity contribution in [1.82, 2.24) is 9.80 Å². The van der Waals surface area contributed by atoms with Crippen LogP contribution in [-0.2, 0) is 13.0 Å². The maximum absolute atomic E-state index is 14.9. The Morgan fingerprint density at radius 1 is 1.27 bits per heavy atom. The van der Waals surface area contributed by atoms with Gasteiger partial charge in [-0.15, -0.1) is 0 Å². The quantitative estimate of drug-likeness (QED) is 0.816. The zero-order valence-electron chi connectivity index (χ0n) is 17.4. The number of nitrogens with zero attached hydrogens (tertiary/aromatic N) is 3. The highest BCUT2D eigenvalue weighted by molar-refractivity contribution is 5.98. The molecule has 30 heavy (non-hydrogen) atoms. The number of nitriles is 1. The average Bonchev–Trinajstić information content (AvgIpc) is 2.94. The van der Waals surface area contributed by atoms with E-state index in [1.54, 1.807) is 57.0 Å². The monoisotopic (exact) mass is 409 g/mol. The van der Waals surface area contributed by atoms with Gasteiger partial charge in [0.1, 0.15) is 11.9 Å². The maximum Gasteiger partial charge on any atom is 0.408 e. The third kappa shape index (κ3) is 3.99. The van der Waals surface area contributed by atoms with Crippen LogP contribution in [-0.4, -0.2) is 45.5 Å². The molecule has 0 fully saturated rings. The van der Waals surface area contributed by atoms with Crippen LogP contribution in [0.15, 0.2) is 36.4 Å². The van der Waals surface area contributed by atoms with Crippen LogP contribution in [0.3, 0.4) is 0 Å². The van der Waals surface area contributed by atoms with Crippen LogP contribution >= 0.6 is 0 Å². The minimum absolute atomic E-state index is 0.0255. The average molecular weight is 409 g/mol. The Hall–Kier alpha value is -3.40. The number of carboxylic acid groups (broad SMARTS) is 1. The van der Waals surface area contributed by atoms with Crippen LogP contribution < -0.4 is 0 Å². The van der Waals surface area contributed by atoms with Crippen LogP contribution in [0.25, 0.3) is 11.1 Å². The van der Waals surface area contributed by atoms with E-state index in [1.165, 1.54) is 6.07 Å². The van der Waals surface area contributed by atoms with E-state index in [2.05, 4.69) is 0 Å². The minimum Gasteiger partial charge on any atom is -0.465 e. The lowest BCUT2D eigenvalue weighted by molar-refractivity contribution is 0.0814. The Labute approximate surface area is 175 Å². The van der Waals surface area contributed by atoms with Gasteiger partial charge in [0.15, 0.2) is 0 Å². The number of hydrogen-bond donors (Lipinski definition) is 1. The van der Waals surface area contributed by atoms with Crippen molar-refractivity contribution in [2.24, 2.45) is 0 Å². The highest BCUT2D eigenvalue weighted by Crippen LogP contribution is 2.29. The number of halogens is 1. The van der Waals surface area contributed by atoms with Gasteiger partial charge < -0.3 is 10.0 Å². The molecule has 1 heterocycles. The molecule has 3 rings (SSSR count). The summed E-state index contributed by atoms with van der Waals surface area (Å²) < 4.78 is 14.9. The molecule has 0 saturated heterocycles. The van der Waals surface area contributed by atoms with E-state index in [0.717, 1.165) is 16.0 Å². The van der Waals surface area contributed by atoms with Crippen LogP contribution in [0.5, 0.6) is 0 Å². The SMILES string of the molecule is CN1Cc2cc(-c3ccc(CC(C#N)N(C(=O)O)C(C)(C)C)c(F)c3)ccc2C1=O. The fraction of sp³-hybridized carbons (Fsp3) is 0.348. The number of hydrogen-bond acceptors (Lipinski definition) is 3. The summed E-state index contributed by atoms with van der Waals surface area (Å²) in [4.78, 5) is 26.4. The molecular formula is C23H24FN3O3. The molecule has 0 aliphatic carbocycles. The molecule has 156 valence electrons. The Morgan fingerprint density at radius 3 is 2.47 bits per heavy atom. The van der Waals surface area contributed by atoms with Crippen LogP contribution in [0.1, 0.15) is 42.3 Å². The highest BCUT2D eigenvalue weighted by atomic mass is 19.1. The number of fused-ring (bicyclic) bond motifs is 1. The summed E-state index contributed by atoms with van der Waals surface area (Å²) in [6.07, 6.45) is -1.26. The first-order chi connectivity index (χ1) is 14.0. The topological polar surface area (TPSA) is 84.6 Å². The van der Waals surface area contributed by atoms with Crippen molar-refractivity contribution in [1.29, 1.82) is 5.26 Å². The normalized spacial score (nSPS) is 14.3. The molecule has 0 saturated carbocycles. The molecule has 1 aliphatic rings. The number of amides is 2. The second-order valence-electron chi connectivity index (χ2n) is 8.51. The summed E-state index contributed by atoms with van der Waals surface area (Å²) in [5.41, 5.74) is 2.48. The molecule has 1 atom stereocenters. The van der Waals surface area contributed by atoms with Gasteiger partial charge in [0.2, 0.25) is 0 Å². The van der Waals surface area contributed by atoms with Crippen LogP contribution in [0.2, 0.25) is 0 Å².